The van der Waals surface area contributed by atoms with Crippen molar-refractivity contribution >= 4 is 8.38 Å². The van der Waals surface area contributed by atoms with Gasteiger partial charge in [0.1, 0.15) is 5.75 Å². The van der Waals surface area contributed by atoms with Crippen LogP contribution in [0.5, 0.6) is 5.75 Å². The van der Waals surface area contributed by atoms with Crippen LogP contribution in [0.25, 0.3) is 22.3 Å². The second-order valence-corrected chi connectivity index (χ2v) is 13.5. The first-order valence-electron chi connectivity index (χ1n) is 12.8. The van der Waals surface area contributed by atoms with Crippen LogP contribution in [-0.4, -0.2) is 10.8 Å². The first kappa shape index (κ1) is 22.3. The lowest BCUT2D eigenvalue weighted by molar-refractivity contribution is 0.00608. The van der Waals surface area contributed by atoms with E-state index in [-0.39, 0.29) is 16.2 Å². The number of fused-ring (bicyclic) bond motifs is 5. The van der Waals surface area contributed by atoms with E-state index in [1.165, 1.54) is 71.0 Å². The van der Waals surface area contributed by atoms with Crippen molar-refractivity contribution in [2.45, 2.75) is 82.9 Å². The second-order valence-electron chi connectivity index (χ2n) is 11.5. The molecule has 0 bridgehead atoms. The molecule has 6 rings (SSSR count). The number of rotatable bonds is 3. The predicted molar refractivity (Wildman–Crippen MR) is 143 cm³/mol. The Hall–Kier alpha value is -2.15. The van der Waals surface area contributed by atoms with Crippen LogP contribution in [0.15, 0.2) is 60.7 Å². The SMILES string of the molecule is Cc1cccc(-c2ccc3c(c2)C2(CCCCC2)c2cc(OP4OC(C)(C)C4(C)C)ccc2-3)c1. The van der Waals surface area contributed by atoms with Crippen molar-refractivity contribution in [1.82, 2.24) is 0 Å². The van der Waals surface area contributed by atoms with Crippen molar-refractivity contribution in [3.63, 3.8) is 0 Å². The zero-order valence-electron chi connectivity index (χ0n) is 21.1. The van der Waals surface area contributed by atoms with Gasteiger partial charge < -0.3 is 9.05 Å². The van der Waals surface area contributed by atoms with Gasteiger partial charge in [0.25, 0.3) is 0 Å². The van der Waals surface area contributed by atoms with Crippen LogP contribution >= 0.6 is 8.38 Å². The molecule has 2 nitrogen and oxygen atoms in total. The Bertz CT molecular complexity index is 1270. The Morgan fingerprint density at radius 2 is 1.44 bits per heavy atom. The van der Waals surface area contributed by atoms with Crippen LogP contribution in [0.4, 0.5) is 0 Å². The molecule has 176 valence electrons. The fourth-order valence-corrected chi connectivity index (χ4v) is 7.87. The normalized spacial score (nSPS) is 23.1. The average Bonchev–Trinajstić information content (AvgIpc) is 3.07. The molecule has 34 heavy (non-hydrogen) atoms. The molecule has 0 aromatic heterocycles. The quantitative estimate of drug-likeness (QED) is 0.355. The molecule has 0 N–H and O–H groups in total. The van der Waals surface area contributed by atoms with E-state index < -0.39 is 8.38 Å². The first-order chi connectivity index (χ1) is 16.2. The third-order valence-corrected chi connectivity index (χ3v) is 11.3. The Kier molecular flexibility index (Phi) is 5.04. The molecule has 1 saturated carbocycles. The van der Waals surface area contributed by atoms with Crippen molar-refractivity contribution in [2.75, 3.05) is 0 Å². The minimum absolute atomic E-state index is 0.0373. The molecule has 2 fully saturated rings. The molecule has 1 spiro atoms. The number of aryl methyl sites for hydroxylation is 1. The van der Waals surface area contributed by atoms with E-state index in [1.54, 1.807) is 0 Å². The van der Waals surface area contributed by atoms with E-state index in [4.69, 9.17) is 9.05 Å². The minimum Gasteiger partial charge on any atom is -0.447 e. The molecule has 2 aliphatic carbocycles. The molecule has 0 radical (unpaired) electrons. The second kappa shape index (κ2) is 7.67. The lowest BCUT2D eigenvalue weighted by atomic mass is 9.67. The molecular formula is C31H35O2P. The maximum absolute atomic E-state index is 6.51. The van der Waals surface area contributed by atoms with Crippen molar-refractivity contribution in [3.05, 3.63) is 77.4 Å². The molecular weight excluding hydrogens is 435 g/mol. The van der Waals surface area contributed by atoms with Gasteiger partial charge in [0, 0.05) is 5.41 Å². The van der Waals surface area contributed by atoms with Gasteiger partial charge in [-0.15, -0.1) is 0 Å². The van der Waals surface area contributed by atoms with Gasteiger partial charge in [0.2, 0.25) is 8.38 Å². The lowest BCUT2D eigenvalue weighted by Gasteiger charge is -2.55. The topological polar surface area (TPSA) is 18.5 Å². The lowest BCUT2D eigenvalue weighted by Crippen LogP contribution is -2.55. The standard InChI is InChI=1S/C31H35O2P/c1-21-10-9-11-22(18-21)23-12-14-25-26-15-13-24(32-34-30(4,5)29(2,3)33-34)20-28(26)31(27(25)19-23)16-7-6-8-17-31/h9-15,18-20H,6-8,16-17H2,1-5H3. The van der Waals surface area contributed by atoms with E-state index >= 15 is 0 Å². The molecule has 1 atom stereocenters. The summed E-state index contributed by atoms with van der Waals surface area (Å²) in [5.74, 6) is 0.963. The van der Waals surface area contributed by atoms with E-state index in [0.29, 0.717) is 0 Å². The summed E-state index contributed by atoms with van der Waals surface area (Å²) in [6.07, 6.45) is 6.35. The number of hydrogen-bond donors (Lipinski definition) is 0. The van der Waals surface area contributed by atoms with Crippen molar-refractivity contribution in [1.29, 1.82) is 0 Å². The van der Waals surface area contributed by atoms with E-state index in [9.17, 15) is 0 Å². The maximum atomic E-state index is 6.51. The third-order valence-electron chi connectivity index (χ3n) is 8.82. The zero-order valence-corrected chi connectivity index (χ0v) is 22.0. The smallest absolute Gasteiger partial charge is 0.239 e. The molecule has 1 unspecified atom stereocenters. The fraction of sp³-hybridized carbons (Fsp3) is 0.419. The van der Waals surface area contributed by atoms with E-state index in [1.807, 2.05) is 0 Å². The molecule has 1 heterocycles. The summed E-state index contributed by atoms with van der Waals surface area (Å²) in [5.41, 5.74) is 9.69. The van der Waals surface area contributed by atoms with Gasteiger partial charge in [0.15, 0.2) is 0 Å². The summed E-state index contributed by atoms with van der Waals surface area (Å²) in [5, 5.41) is 0.0373. The average molecular weight is 471 g/mol. The van der Waals surface area contributed by atoms with Gasteiger partial charge in [-0.2, -0.15) is 0 Å². The molecule has 3 aromatic rings. The third kappa shape index (κ3) is 3.22. The highest BCUT2D eigenvalue weighted by molar-refractivity contribution is 7.51. The van der Waals surface area contributed by atoms with E-state index in [0.717, 1.165) is 5.75 Å². The largest absolute Gasteiger partial charge is 0.447 e. The van der Waals surface area contributed by atoms with Gasteiger partial charge >= 0.3 is 0 Å². The molecule has 0 amide bonds. The number of hydrogen-bond acceptors (Lipinski definition) is 2. The van der Waals surface area contributed by atoms with Crippen molar-refractivity contribution in [2.24, 2.45) is 0 Å². The zero-order chi connectivity index (χ0) is 23.7. The minimum atomic E-state index is -0.938. The summed E-state index contributed by atoms with van der Waals surface area (Å²) in [7, 11) is -0.938. The highest BCUT2D eigenvalue weighted by atomic mass is 31.2. The number of benzene rings is 3. The highest BCUT2D eigenvalue weighted by Gasteiger charge is 2.59. The van der Waals surface area contributed by atoms with E-state index in [2.05, 4.69) is 95.3 Å². The van der Waals surface area contributed by atoms with Gasteiger partial charge in [-0.1, -0.05) is 67.3 Å². The molecule has 1 aliphatic heterocycles. The molecule has 3 aromatic carbocycles. The van der Waals surface area contributed by atoms with Crippen molar-refractivity contribution < 1.29 is 9.05 Å². The van der Waals surface area contributed by atoms with Gasteiger partial charge in [-0.3, -0.25) is 0 Å². The Balaban J connectivity index is 1.42. The summed E-state index contributed by atoms with van der Waals surface area (Å²) < 4.78 is 12.7. The summed E-state index contributed by atoms with van der Waals surface area (Å²) in [4.78, 5) is 0. The van der Waals surface area contributed by atoms with Crippen molar-refractivity contribution in [3.8, 4) is 28.0 Å². The monoisotopic (exact) mass is 470 g/mol. The predicted octanol–water partition coefficient (Wildman–Crippen LogP) is 9.17. The van der Waals surface area contributed by atoms with Gasteiger partial charge in [-0.25, -0.2) is 0 Å². The molecule has 3 heteroatoms. The Morgan fingerprint density at radius 3 is 2.12 bits per heavy atom. The summed E-state index contributed by atoms with van der Waals surface area (Å²) in [6, 6.07) is 22.8. The molecule has 1 saturated heterocycles. The van der Waals surface area contributed by atoms with Crippen LogP contribution in [0.1, 0.15) is 76.5 Å². The molecule has 3 aliphatic rings. The van der Waals surface area contributed by atoms with Crippen LogP contribution < -0.4 is 4.52 Å². The van der Waals surface area contributed by atoms with Gasteiger partial charge in [0.05, 0.1) is 10.8 Å². The van der Waals surface area contributed by atoms with Crippen LogP contribution in [0.2, 0.25) is 0 Å². The van der Waals surface area contributed by atoms with Crippen LogP contribution in [0, 0.1) is 6.92 Å². The summed E-state index contributed by atoms with van der Waals surface area (Å²) in [6.45, 7) is 11.0. The highest BCUT2D eigenvalue weighted by Crippen LogP contribution is 2.69. The fourth-order valence-electron chi connectivity index (χ4n) is 6.07. The first-order valence-corrected chi connectivity index (χ1v) is 13.9. The Labute approximate surface area is 205 Å². The van der Waals surface area contributed by atoms with Gasteiger partial charge in [-0.05, 0) is 99.0 Å². The van der Waals surface area contributed by atoms with Crippen LogP contribution in [-0.2, 0) is 9.94 Å². The Morgan fingerprint density at radius 1 is 0.765 bits per heavy atom. The van der Waals surface area contributed by atoms with Crippen LogP contribution in [0.3, 0.4) is 0 Å². The summed E-state index contributed by atoms with van der Waals surface area (Å²) >= 11 is 0. The maximum Gasteiger partial charge on any atom is 0.239 e.